The lowest BCUT2D eigenvalue weighted by atomic mass is 9.95. The van der Waals surface area contributed by atoms with Crippen molar-refractivity contribution in [2.75, 3.05) is 0 Å². The third-order valence-electron chi connectivity index (χ3n) is 5.35. The molecule has 2 heteroatoms. The van der Waals surface area contributed by atoms with Crippen LogP contribution in [0.3, 0.4) is 0 Å². The summed E-state index contributed by atoms with van der Waals surface area (Å²) in [5, 5.41) is 6.54. The molecule has 120 valence electrons. The number of benzene rings is 2. The molecule has 3 aromatic rings. The van der Waals surface area contributed by atoms with Crippen molar-refractivity contribution in [3.8, 4) is 0 Å². The number of aryl methyl sites for hydroxylation is 1. The fourth-order valence-corrected chi connectivity index (χ4v) is 4.12. The number of para-hydroxylation sites is 1. The van der Waals surface area contributed by atoms with E-state index in [1.807, 2.05) is 0 Å². The Morgan fingerprint density at radius 2 is 1.74 bits per heavy atom. The summed E-state index contributed by atoms with van der Waals surface area (Å²) in [6.07, 6.45) is 6.89. The predicted molar refractivity (Wildman–Crippen MR) is 98.8 cm³/mol. The van der Waals surface area contributed by atoms with Crippen molar-refractivity contribution in [1.29, 1.82) is 0 Å². The zero-order valence-electron chi connectivity index (χ0n) is 14.0. The lowest BCUT2D eigenvalue weighted by molar-refractivity contribution is 0.372. The van der Waals surface area contributed by atoms with Gasteiger partial charge in [-0.1, -0.05) is 43.5 Å². The van der Waals surface area contributed by atoms with Crippen LogP contribution in [0, 0.1) is 0 Å². The van der Waals surface area contributed by atoms with Crippen LogP contribution in [0.1, 0.15) is 44.6 Å². The van der Waals surface area contributed by atoms with Crippen molar-refractivity contribution in [3.05, 3.63) is 48.0 Å². The van der Waals surface area contributed by atoms with Gasteiger partial charge in [0.2, 0.25) is 0 Å². The SMILES string of the molecule is CCn1c2ccccc2c2cc(CNC3CCCCC3)ccc21. The standard InChI is InChI=1S/C21H26N2/c1-2-23-20-11-7-6-10-18(20)19-14-16(12-13-21(19)23)15-22-17-8-4-3-5-9-17/h6-7,10-14,17,22H,2-5,8-9,15H2,1H3. The van der Waals surface area contributed by atoms with Crippen LogP contribution in [-0.4, -0.2) is 10.6 Å². The first-order valence-electron chi connectivity index (χ1n) is 9.10. The molecule has 0 amide bonds. The van der Waals surface area contributed by atoms with E-state index in [-0.39, 0.29) is 0 Å². The van der Waals surface area contributed by atoms with Gasteiger partial charge in [0.25, 0.3) is 0 Å². The van der Waals surface area contributed by atoms with Crippen molar-refractivity contribution < 1.29 is 0 Å². The van der Waals surface area contributed by atoms with Gasteiger partial charge < -0.3 is 9.88 Å². The third-order valence-corrected chi connectivity index (χ3v) is 5.35. The van der Waals surface area contributed by atoms with Gasteiger partial charge in [0.1, 0.15) is 0 Å². The molecule has 23 heavy (non-hydrogen) atoms. The van der Waals surface area contributed by atoms with Gasteiger partial charge in [0.15, 0.2) is 0 Å². The molecule has 1 aliphatic carbocycles. The Morgan fingerprint density at radius 3 is 2.57 bits per heavy atom. The van der Waals surface area contributed by atoms with Crippen LogP contribution in [0.4, 0.5) is 0 Å². The van der Waals surface area contributed by atoms with Gasteiger partial charge in [-0.25, -0.2) is 0 Å². The van der Waals surface area contributed by atoms with Gasteiger partial charge >= 0.3 is 0 Å². The molecule has 0 aliphatic heterocycles. The number of nitrogens with zero attached hydrogens (tertiary/aromatic N) is 1. The number of hydrogen-bond donors (Lipinski definition) is 1. The molecule has 0 radical (unpaired) electrons. The summed E-state index contributed by atoms with van der Waals surface area (Å²) in [6.45, 7) is 4.24. The maximum atomic E-state index is 3.76. The van der Waals surface area contributed by atoms with E-state index < -0.39 is 0 Å². The third kappa shape index (κ3) is 2.76. The van der Waals surface area contributed by atoms with Crippen LogP contribution < -0.4 is 5.32 Å². The van der Waals surface area contributed by atoms with E-state index in [2.05, 4.69) is 59.3 Å². The van der Waals surface area contributed by atoms with E-state index in [0.717, 1.165) is 19.1 Å². The van der Waals surface area contributed by atoms with Crippen LogP contribution in [0.2, 0.25) is 0 Å². The molecule has 1 N–H and O–H groups in total. The highest BCUT2D eigenvalue weighted by Crippen LogP contribution is 2.29. The molecule has 2 aromatic carbocycles. The zero-order chi connectivity index (χ0) is 15.6. The van der Waals surface area contributed by atoms with Gasteiger partial charge in [-0.2, -0.15) is 0 Å². The van der Waals surface area contributed by atoms with Crippen LogP contribution in [0.15, 0.2) is 42.5 Å². The average Bonchev–Trinajstić information content (AvgIpc) is 2.94. The summed E-state index contributed by atoms with van der Waals surface area (Å²) >= 11 is 0. The molecule has 0 bridgehead atoms. The Bertz CT molecular complexity index is 809. The molecule has 0 saturated heterocycles. The molecule has 1 aromatic heterocycles. The second kappa shape index (κ2) is 6.37. The lowest BCUT2D eigenvalue weighted by Crippen LogP contribution is -2.30. The first-order valence-corrected chi connectivity index (χ1v) is 9.10. The van der Waals surface area contributed by atoms with Gasteiger partial charge in [-0.15, -0.1) is 0 Å². The van der Waals surface area contributed by atoms with Crippen molar-refractivity contribution >= 4 is 21.8 Å². The van der Waals surface area contributed by atoms with Gasteiger partial charge in [-0.05, 0) is 43.5 Å². The van der Waals surface area contributed by atoms with Gasteiger partial charge in [0, 0.05) is 40.9 Å². The van der Waals surface area contributed by atoms with Gasteiger partial charge in [0.05, 0.1) is 0 Å². The van der Waals surface area contributed by atoms with Crippen LogP contribution in [-0.2, 0) is 13.1 Å². The highest BCUT2D eigenvalue weighted by atomic mass is 15.0. The highest BCUT2D eigenvalue weighted by molar-refractivity contribution is 6.08. The summed E-state index contributed by atoms with van der Waals surface area (Å²) in [5.74, 6) is 0. The van der Waals surface area contributed by atoms with Crippen molar-refractivity contribution in [1.82, 2.24) is 9.88 Å². The number of hydrogen-bond acceptors (Lipinski definition) is 1. The Morgan fingerprint density at radius 1 is 0.957 bits per heavy atom. The number of fused-ring (bicyclic) bond motifs is 3. The van der Waals surface area contributed by atoms with E-state index in [4.69, 9.17) is 0 Å². The molecule has 0 atom stereocenters. The molecule has 0 unspecified atom stereocenters. The number of nitrogens with one attached hydrogen (secondary N) is 1. The Balaban J connectivity index is 1.65. The monoisotopic (exact) mass is 306 g/mol. The first-order chi connectivity index (χ1) is 11.4. The number of rotatable bonds is 4. The molecule has 1 aliphatic rings. The van der Waals surface area contributed by atoms with E-state index in [1.54, 1.807) is 0 Å². The maximum absolute atomic E-state index is 3.76. The fraction of sp³-hybridized carbons (Fsp3) is 0.429. The predicted octanol–water partition coefficient (Wildman–Crippen LogP) is 5.24. The number of aromatic nitrogens is 1. The van der Waals surface area contributed by atoms with Crippen LogP contribution >= 0.6 is 0 Å². The minimum atomic E-state index is 0.719. The molecular weight excluding hydrogens is 280 g/mol. The maximum Gasteiger partial charge on any atom is 0.0491 e. The second-order valence-electron chi connectivity index (χ2n) is 6.83. The molecule has 1 fully saturated rings. The average molecular weight is 306 g/mol. The lowest BCUT2D eigenvalue weighted by Gasteiger charge is -2.22. The smallest absolute Gasteiger partial charge is 0.0491 e. The van der Waals surface area contributed by atoms with E-state index in [1.165, 1.54) is 59.5 Å². The second-order valence-corrected chi connectivity index (χ2v) is 6.83. The zero-order valence-corrected chi connectivity index (χ0v) is 14.0. The molecule has 4 rings (SSSR count). The van der Waals surface area contributed by atoms with Crippen LogP contribution in [0.25, 0.3) is 21.8 Å². The quantitative estimate of drug-likeness (QED) is 0.698. The van der Waals surface area contributed by atoms with E-state index in [0.29, 0.717) is 0 Å². The Labute approximate surface area is 138 Å². The summed E-state index contributed by atoms with van der Waals surface area (Å²) in [6, 6.07) is 16.5. The molecule has 2 nitrogen and oxygen atoms in total. The fourth-order valence-electron chi connectivity index (χ4n) is 4.12. The van der Waals surface area contributed by atoms with Crippen molar-refractivity contribution in [3.63, 3.8) is 0 Å². The Kier molecular flexibility index (Phi) is 4.09. The van der Waals surface area contributed by atoms with Crippen molar-refractivity contribution in [2.45, 2.75) is 58.2 Å². The summed E-state index contributed by atoms with van der Waals surface area (Å²) in [4.78, 5) is 0. The molecule has 0 spiro atoms. The minimum Gasteiger partial charge on any atom is -0.341 e. The van der Waals surface area contributed by atoms with Crippen molar-refractivity contribution in [2.24, 2.45) is 0 Å². The van der Waals surface area contributed by atoms with Crippen LogP contribution in [0.5, 0.6) is 0 Å². The molecular formula is C21H26N2. The molecule has 1 heterocycles. The topological polar surface area (TPSA) is 17.0 Å². The van der Waals surface area contributed by atoms with E-state index in [9.17, 15) is 0 Å². The summed E-state index contributed by atoms with van der Waals surface area (Å²) < 4.78 is 2.42. The summed E-state index contributed by atoms with van der Waals surface area (Å²) in [5.41, 5.74) is 4.11. The van der Waals surface area contributed by atoms with Gasteiger partial charge in [-0.3, -0.25) is 0 Å². The minimum absolute atomic E-state index is 0.719. The Hall–Kier alpha value is -1.80. The largest absolute Gasteiger partial charge is 0.341 e. The summed E-state index contributed by atoms with van der Waals surface area (Å²) in [7, 11) is 0. The normalized spacial score (nSPS) is 16.4. The molecule has 1 saturated carbocycles. The van der Waals surface area contributed by atoms with E-state index >= 15 is 0 Å². The first kappa shape index (κ1) is 14.8. The highest BCUT2D eigenvalue weighted by Gasteiger charge is 2.13.